The number of nitro groups is 1. The molecule has 0 saturated carbocycles. The number of ether oxygens (including phenoxy) is 1. The van der Waals surface area contributed by atoms with Crippen LogP contribution in [0.15, 0.2) is 60.7 Å². The van der Waals surface area contributed by atoms with Gasteiger partial charge in [-0.3, -0.25) is 19.8 Å². The van der Waals surface area contributed by atoms with Crippen molar-refractivity contribution < 1.29 is 24.4 Å². The fourth-order valence-corrected chi connectivity index (χ4v) is 6.79. The Balaban J connectivity index is 1.41. The fourth-order valence-electron chi connectivity index (χ4n) is 6.79. The van der Waals surface area contributed by atoms with Crippen molar-refractivity contribution in [1.82, 2.24) is 19.4 Å². The first-order valence-corrected chi connectivity index (χ1v) is 15.9. The second-order valence-electron chi connectivity index (χ2n) is 13.1. The van der Waals surface area contributed by atoms with Gasteiger partial charge in [-0.05, 0) is 68.9 Å². The van der Waals surface area contributed by atoms with Gasteiger partial charge in [0.15, 0.2) is 0 Å². The lowest BCUT2D eigenvalue weighted by molar-refractivity contribution is -0.384. The molecule has 2 atom stereocenters. The summed E-state index contributed by atoms with van der Waals surface area (Å²) in [5, 5.41) is 24.0. The Morgan fingerprint density at radius 1 is 1.13 bits per heavy atom. The second kappa shape index (κ2) is 13.9. The SMILES string of the molecule is COCCCn1c([C@@H]2CCCN(C(=O)C[C@@H](Cc3ccc4ccccc4c3)N(C(=O)O)C(C)(C)C)C2)nc2ccc([N+](=O)[O-])cc21. The minimum absolute atomic E-state index is 0.00618. The lowest BCUT2D eigenvalue weighted by Crippen LogP contribution is -2.54. The van der Waals surface area contributed by atoms with Crippen molar-refractivity contribution in [3.63, 3.8) is 0 Å². The Morgan fingerprint density at radius 2 is 1.89 bits per heavy atom. The van der Waals surface area contributed by atoms with Crippen molar-refractivity contribution in [3.8, 4) is 0 Å². The number of non-ortho nitro benzene ring substituents is 1. The molecular weight excluding hydrogens is 586 g/mol. The first-order chi connectivity index (χ1) is 22.0. The number of nitro benzene ring substituents is 1. The molecule has 46 heavy (non-hydrogen) atoms. The minimum atomic E-state index is -1.05. The summed E-state index contributed by atoms with van der Waals surface area (Å²) in [5.41, 5.74) is 1.64. The lowest BCUT2D eigenvalue weighted by atomic mass is 9.93. The number of likely N-dealkylation sites (tertiary alicyclic amines) is 1. The van der Waals surface area contributed by atoms with Gasteiger partial charge in [-0.1, -0.05) is 42.5 Å². The average molecular weight is 630 g/mol. The number of hydrogen-bond acceptors (Lipinski definition) is 6. The summed E-state index contributed by atoms with van der Waals surface area (Å²) in [6.07, 6.45) is 1.71. The zero-order valence-corrected chi connectivity index (χ0v) is 27.0. The van der Waals surface area contributed by atoms with Crippen LogP contribution in [-0.2, 0) is 22.5 Å². The van der Waals surface area contributed by atoms with Gasteiger partial charge in [0.25, 0.3) is 5.69 Å². The third-order valence-corrected chi connectivity index (χ3v) is 8.83. The minimum Gasteiger partial charge on any atom is -0.465 e. The van der Waals surface area contributed by atoms with Gasteiger partial charge in [0.1, 0.15) is 5.82 Å². The highest BCUT2D eigenvalue weighted by molar-refractivity contribution is 5.83. The Labute approximate surface area is 268 Å². The highest BCUT2D eigenvalue weighted by Gasteiger charge is 2.37. The van der Waals surface area contributed by atoms with E-state index in [0.29, 0.717) is 50.1 Å². The molecule has 2 heterocycles. The molecule has 0 radical (unpaired) electrons. The van der Waals surface area contributed by atoms with Crippen LogP contribution in [0.1, 0.15) is 63.8 Å². The summed E-state index contributed by atoms with van der Waals surface area (Å²) in [4.78, 5) is 45.9. The van der Waals surface area contributed by atoms with E-state index in [-0.39, 0.29) is 23.9 Å². The summed E-state index contributed by atoms with van der Waals surface area (Å²) in [6.45, 7) is 7.71. The maximum absolute atomic E-state index is 14.0. The molecule has 1 N–H and O–H groups in total. The predicted octanol–water partition coefficient (Wildman–Crippen LogP) is 6.62. The van der Waals surface area contributed by atoms with E-state index in [9.17, 15) is 24.8 Å². The van der Waals surface area contributed by atoms with Gasteiger partial charge < -0.3 is 19.3 Å². The Kier molecular flexibility index (Phi) is 9.91. The topological polar surface area (TPSA) is 131 Å². The van der Waals surface area contributed by atoms with E-state index in [1.807, 2.05) is 66.6 Å². The van der Waals surface area contributed by atoms with E-state index in [1.54, 1.807) is 19.2 Å². The summed E-state index contributed by atoms with van der Waals surface area (Å²) in [7, 11) is 1.64. The van der Waals surface area contributed by atoms with E-state index in [1.165, 1.54) is 11.0 Å². The maximum Gasteiger partial charge on any atom is 0.408 e. The lowest BCUT2D eigenvalue weighted by Gasteiger charge is -2.41. The summed E-state index contributed by atoms with van der Waals surface area (Å²) >= 11 is 0. The number of carbonyl (C=O) groups excluding carboxylic acids is 1. The van der Waals surface area contributed by atoms with Gasteiger partial charge in [-0.25, -0.2) is 9.78 Å². The van der Waals surface area contributed by atoms with Gasteiger partial charge in [0.2, 0.25) is 5.91 Å². The third-order valence-electron chi connectivity index (χ3n) is 8.83. The number of carbonyl (C=O) groups is 2. The van der Waals surface area contributed by atoms with E-state index < -0.39 is 22.6 Å². The normalized spacial score (nSPS) is 16.1. The number of carboxylic acid groups (broad SMARTS) is 1. The zero-order valence-electron chi connectivity index (χ0n) is 27.0. The van der Waals surface area contributed by atoms with Crippen molar-refractivity contribution >= 4 is 39.5 Å². The van der Waals surface area contributed by atoms with Crippen molar-refractivity contribution in [1.29, 1.82) is 0 Å². The monoisotopic (exact) mass is 629 g/mol. The van der Waals surface area contributed by atoms with Crippen LogP contribution in [0, 0.1) is 10.1 Å². The van der Waals surface area contributed by atoms with Crippen molar-refractivity contribution in [2.24, 2.45) is 0 Å². The zero-order chi connectivity index (χ0) is 33.0. The van der Waals surface area contributed by atoms with Crippen molar-refractivity contribution in [3.05, 3.63) is 82.2 Å². The molecule has 1 aliphatic heterocycles. The predicted molar refractivity (Wildman–Crippen MR) is 177 cm³/mol. The number of rotatable bonds is 11. The van der Waals surface area contributed by atoms with Crippen molar-refractivity contribution in [2.75, 3.05) is 26.8 Å². The number of fused-ring (bicyclic) bond motifs is 2. The fraction of sp³-hybridized carbons (Fsp3) is 0.457. The maximum atomic E-state index is 14.0. The molecule has 1 fully saturated rings. The third kappa shape index (κ3) is 7.31. The molecule has 1 saturated heterocycles. The molecule has 4 aromatic rings. The van der Waals surface area contributed by atoms with Gasteiger partial charge >= 0.3 is 6.09 Å². The highest BCUT2D eigenvalue weighted by Crippen LogP contribution is 2.32. The molecule has 1 aliphatic rings. The molecule has 0 spiro atoms. The highest BCUT2D eigenvalue weighted by atomic mass is 16.6. The number of nitrogens with zero attached hydrogens (tertiary/aromatic N) is 5. The first-order valence-electron chi connectivity index (χ1n) is 15.9. The molecule has 2 amide bonds. The number of imidazole rings is 1. The largest absolute Gasteiger partial charge is 0.465 e. The number of benzene rings is 3. The van der Waals surface area contributed by atoms with Gasteiger partial charge in [-0.2, -0.15) is 0 Å². The van der Waals surface area contributed by atoms with E-state index in [4.69, 9.17) is 9.72 Å². The van der Waals surface area contributed by atoms with Crippen LogP contribution in [0.2, 0.25) is 0 Å². The van der Waals surface area contributed by atoms with Crippen molar-refractivity contribution in [2.45, 2.75) is 76.9 Å². The standard InChI is InChI=1S/C35H43N5O6/c1-35(2,3)39(34(42)43)29(20-24-12-13-25-9-5-6-10-26(25)19-24)22-32(41)37-16-7-11-27(23-37)33-36-30-15-14-28(40(44)45)21-31(30)38(33)17-8-18-46-4/h5-6,9-10,12-15,19,21,27,29H,7-8,11,16-18,20,22-23H2,1-4H3,(H,42,43)/t27-,29-/m1/s1. The molecular formula is C35H43N5O6. The second-order valence-corrected chi connectivity index (χ2v) is 13.1. The van der Waals surface area contributed by atoms with E-state index in [2.05, 4.69) is 6.07 Å². The van der Waals surface area contributed by atoms with E-state index in [0.717, 1.165) is 35.0 Å². The van der Waals surface area contributed by atoms with Gasteiger partial charge in [-0.15, -0.1) is 0 Å². The number of methoxy groups -OCH3 is 1. The first kappa shape index (κ1) is 32.9. The molecule has 0 bridgehead atoms. The Morgan fingerprint density at radius 3 is 2.59 bits per heavy atom. The van der Waals surface area contributed by atoms with Crippen LogP contribution in [0.5, 0.6) is 0 Å². The van der Waals surface area contributed by atoms with Crippen LogP contribution in [0.3, 0.4) is 0 Å². The molecule has 244 valence electrons. The molecule has 3 aromatic carbocycles. The Hall–Kier alpha value is -4.51. The molecule has 0 unspecified atom stereocenters. The van der Waals surface area contributed by atoms with Crippen LogP contribution in [-0.4, -0.2) is 79.8 Å². The van der Waals surface area contributed by atoms with Gasteiger partial charge in [0, 0.05) is 69.4 Å². The number of piperidine rings is 1. The molecule has 11 nitrogen and oxygen atoms in total. The van der Waals surface area contributed by atoms with E-state index >= 15 is 0 Å². The number of aryl methyl sites for hydroxylation is 1. The number of hydrogen-bond donors (Lipinski definition) is 1. The van der Waals surface area contributed by atoms with Crippen LogP contribution in [0.25, 0.3) is 21.8 Å². The summed E-state index contributed by atoms with van der Waals surface area (Å²) in [6, 6.07) is 18.3. The van der Waals surface area contributed by atoms with Gasteiger partial charge in [0.05, 0.1) is 16.0 Å². The molecule has 11 heteroatoms. The van der Waals surface area contributed by atoms with Crippen LogP contribution >= 0.6 is 0 Å². The molecule has 0 aliphatic carbocycles. The number of aromatic nitrogens is 2. The summed E-state index contributed by atoms with van der Waals surface area (Å²) in [5.74, 6) is 0.645. The Bertz CT molecular complexity index is 1730. The molecule has 1 aromatic heterocycles. The number of amides is 2. The van der Waals surface area contributed by atoms with Crippen LogP contribution < -0.4 is 0 Å². The average Bonchev–Trinajstić information content (AvgIpc) is 3.38. The smallest absolute Gasteiger partial charge is 0.408 e. The molecule has 5 rings (SSSR count). The quantitative estimate of drug-likeness (QED) is 0.112. The summed E-state index contributed by atoms with van der Waals surface area (Å²) < 4.78 is 7.30. The van der Waals surface area contributed by atoms with Crippen LogP contribution in [0.4, 0.5) is 10.5 Å².